The van der Waals surface area contributed by atoms with Crippen LogP contribution < -0.4 is 5.32 Å². The Morgan fingerprint density at radius 3 is 2.77 bits per heavy atom. The molecule has 2 N–H and O–H groups in total. The minimum atomic E-state index is -0.665. The molecule has 1 fully saturated rings. The quantitative estimate of drug-likeness (QED) is 0.589. The zero-order valence-corrected chi connectivity index (χ0v) is 12.8. The average Bonchev–Trinajstić information content (AvgIpc) is 2.80. The molecular formula is C17H23NO4. The molecule has 0 aromatic heterocycles. The summed E-state index contributed by atoms with van der Waals surface area (Å²) in [7, 11) is 0. The Bertz CT molecular complexity index is 491. The zero-order chi connectivity index (χ0) is 15.9. The molecule has 1 aliphatic heterocycles. The maximum Gasteiger partial charge on any atom is 0.302 e. The van der Waals surface area contributed by atoms with Crippen LogP contribution in [0.5, 0.6) is 0 Å². The fourth-order valence-corrected chi connectivity index (χ4v) is 2.63. The molecule has 1 saturated heterocycles. The molecule has 0 spiro atoms. The largest absolute Gasteiger partial charge is 0.463 e. The molecular weight excluding hydrogens is 282 g/mol. The van der Waals surface area contributed by atoms with E-state index < -0.39 is 6.10 Å². The topological polar surface area (TPSA) is 67.8 Å². The van der Waals surface area contributed by atoms with E-state index in [4.69, 9.17) is 9.47 Å². The van der Waals surface area contributed by atoms with Gasteiger partial charge in [-0.05, 0) is 12.0 Å². The molecule has 0 radical (unpaired) electrons. The molecule has 2 rings (SSSR count). The molecule has 0 saturated carbocycles. The highest BCUT2D eigenvalue weighted by Crippen LogP contribution is 2.24. The van der Waals surface area contributed by atoms with Crippen molar-refractivity contribution in [3.05, 3.63) is 48.6 Å². The Balaban J connectivity index is 1.98. The molecule has 0 unspecified atom stereocenters. The van der Waals surface area contributed by atoms with Crippen LogP contribution in [-0.2, 0) is 20.8 Å². The maximum absolute atomic E-state index is 11.0. The molecule has 1 aliphatic rings. The van der Waals surface area contributed by atoms with Crippen LogP contribution in [0, 0.1) is 0 Å². The molecule has 1 aromatic carbocycles. The number of nitrogens with one attached hydrogen (secondary N) is 1. The summed E-state index contributed by atoms with van der Waals surface area (Å²) < 4.78 is 10.8. The first-order valence-electron chi connectivity index (χ1n) is 7.47. The van der Waals surface area contributed by atoms with Gasteiger partial charge in [-0.3, -0.25) is 4.79 Å². The normalized spacial score (nSPS) is 27.5. The standard InChI is InChI=1S/C17H23NO4/c1-3-7-14-17(20)16(15(22-14)11-21-12(2)19)18-10-13-8-5-4-6-9-13/h3-6,8-9,14-18,20H,1,7,10-11H2,2H3/t14-,15+,16+,17-/m0/s1. The van der Waals surface area contributed by atoms with Gasteiger partial charge in [0.05, 0.1) is 18.2 Å². The number of carbonyl (C=O) groups excluding carboxylic acids is 1. The molecule has 120 valence electrons. The first kappa shape index (κ1) is 16.7. The molecule has 22 heavy (non-hydrogen) atoms. The predicted octanol–water partition coefficient (Wildman–Crippen LogP) is 1.41. The smallest absolute Gasteiger partial charge is 0.302 e. The minimum Gasteiger partial charge on any atom is -0.463 e. The summed E-state index contributed by atoms with van der Waals surface area (Å²) in [5, 5.41) is 13.7. The molecule has 0 bridgehead atoms. The highest BCUT2D eigenvalue weighted by atomic mass is 16.6. The van der Waals surface area contributed by atoms with E-state index in [1.54, 1.807) is 6.08 Å². The lowest BCUT2D eigenvalue weighted by Gasteiger charge is -2.21. The van der Waals surface area contributed by atoms with E-state index in [-0.39, 0.29) is 30.8 Å². The summed E-state index contributed by atoms with van der Waals surface area (Å²) in [5.41, 5.74) is 1.12. The first-order valence-corrected chi connectivity index (χ1v) is 7.47. The molecule has 5 heteroatoms. The van der Waals surface area contributed by atoms with Crippen molar-refractivity contribution < 1.29 is 19.4 Å². The SMILES string of the molecule is C=CC[C@@H]1O[C@H](COC(C)=O)[C@@H](NCc2ccccc2)[C@H]1O. The van der Waals surface area contributed by atoms with Crippen LogP contribution >= 0.6 is 0 Å². The lowest BCUT2D eigenvalue weighted by molar-refractivity contribution is -0.145. The second-order valence-corrected chi connectivity index (χ2v) is 5.42. The lowest BCUT2D eigenvalue weighted by atomic mass is 10.0. The van der Waals surface area contributed by atoms with Gasteiger partial charge in [0, 0.05) is 13.5 Å². The number of esters is 1. The van der Waals surface area contributed by atoms with E-state index in [1.807, 2.05) is 30.3 Å². The maximum atomic E-state index is 11.0. The fraction of sp³-hybridized carbons (Fsp3) is 0.471. The number of aliphatic hydroxyl groups excluding tert-OH is 1. The third kappa shape index (κ3) is 4.40. The number of hydrogen-bond acceptors (Lipinski definition) is 5. The lowest BCUT2D eigenvalue weighted by Crippen LogP contribution is -2.46. The van der Waals surface area contributed by atoms with Crippen molar-refractivity contribution in [2.75, 3.05) is 6.61 Å². The van der Waals surface area contributed by atoms with Gasteiger partial charge in [0.1, 0.15) is 12.7 Å². The Labute approximate surface area is 130 Å². The summed E-state index contributed by atoms with van der Waals surface area (Å²) in [6.45, 7) is 5.79. The van der Waals surface area contributed by atoms with Crippen LogP contribution in [0.4, 0.5) is 0 Å². The van der Waals surface area contributed by atoms with Crippen molar-refractivity contribution in [3.8, 4) is 0 Å². The van der Waals surface area contributed by atoms with Crippen molar-refractivity contribution in [1.82, 2.24) is 5.32 Å². The number of benzene rings is 1. The van der Waals surface area contributed by atoms with Gasteiger partial charge < -0.3 is 19.9 Å². The van der Waals surface area contributed by atoms with Gasteiger partial charge in [0.15, 0.2) is 0 Å². The van der Waals surface area contributed by atoms with Crippen LogP contribution in [0.1, 0.15) is 18.9 Å². The average molecular weight is 305 g/mol. The van der Waals surface area contributed by atoms with E-state index in [2.05, 4.69) is 11.9 Å². The Kier molecular flexibility index (Phi) is 6.12. The third-order valence-electron chi connectivity index (χ3n) is 3.73. The van der Waals surface area contributed by atoms with Crippen molar-refractivity contribution in [2.24, 2.45) is 0 Å². The highest BCUT2D eigenvalue weighted by Gasteiger charge is 2.43. The second-order valence-electron chi connectivity index (χ2n) is 5.42. The number of hydrogen-bond donors (Lipinski definition) is 2. The van der Waals surface area contributed by atoms with Crippen LogP contribution in [0.3, 0.4) is 0 Å². The number of ether oxygens (including phenoxy) is 2. The first-order chi connectivity index (χ1) is 10.6. The highest BCUT2D eigenvalue weighted by molar-refractivity contribution is 5.65. The minimum absolute atomic E-state index is 0.131. The van der Waals surface area contributed by atoms with E-state index in [1.165, 1.54) is 6.92 Å². The van der Waals surface area contributed by atoms with E-state index in [0.717, 1.165) is 5.56 Å². The van der Waals surface area contributed by atoms with Crippen LogP contribution in [0.25, 0.3) is 0 Å². The van der Waals surface area contributed by atoms with Crippen LogP contribution in [-0.4, -0.2) is 42.0 Å². The van der Waals surface area contributed by atoms with Crippen molar-refractivity contribution >= 4 is 5.97 Å². The van der Waals surface area contributed by atoms with Gasteiger partial charge in [0.2, 0.25) is 0 Å². The number of aliphatic hydroxyl groups is 1. The van der Waals surface area contributed by atoms with Gasteiger partial charge >= 0.3 is 5.97 Å². The monoisotopic (exact) mass is 305 g/mol. The summed E-state index contributed by atoms with van der Waals surface area (Å²) >= 11 is 0. The molecule has 5 nitrogen and oxygen atoms in total. The van der Waals surface area contributed by atoms with E-state index >= 15 is 0 Å². The summed E-state index contributed by atoms with van der Waals surface area (Å²) in [5.74, 6) is -0.355. The fourth-order valence-electron chi connectivity index (χ4n) is 2.63. The second kappa shape index (κ2) is 8.08. The molecule has 0 amide bonds. The van der Waals surface area contributed by atoms with Crippen LogP contribution in [0.15, 0.2) is 43.0 Å². The summed E-state index contributed by atoms with van der Waals surface area (Å²) in [6, 6.07) is 9.63. The molecule has 1 heterocycles. The zero-order valence-electron chi connectivity index (χ0n) is 12.8. The van der Waals surface area contributed by atoms with E-state index in [0.29, 0.717) is 13.0 Å². The van der Waals surface area contributed by atoms with Gasteiger partial charge in [-0.1, -0.05) is 36.4 Å². The molecule has 0 aliphatic carbocycles. The van der Waals surface area contributed by atoms with Gasteiger partial charge in [-0.2, -0.15) is 0 Å². The Hall–Kier alpha value is -1.69. The van der Waals surface area contributed by atoms with Gasteiger partial charge in [0.25, 0.3) is 0 Å². The number of carbonyl (C=O) groups is 1. The summed E-state index contributed by atoms with van der Waals surface area (Å²) in [6.07, 6.45) is 0.915. The third-order valence-corrected chi connectivity index (χ3v) is 3.73. The molecule has 1 aromatic rings. The predicted molar refractivity (Wildman–Crippen MR) is 83.2 cm³/mol. The van der Waals surface area contributed by atoms with Crippen molar-refractivity contribution in [2.45, 2.75) is 44.2 Å². The van der Waals surface area contributed by atoms with Gasteiger partial charge in [-0.15, -0.1) is 6.58 Å². The van der Waals surface area contributed by atoms with Crippen molar-refractivity contribution in [3.63, 3.8) is 0 Å². The Morgan fingerprint density at radius 2 is 2.14 bits per heavy atom. The number of rotatable bonds is 7. The Morgan fingerprint density at radius 1 is 1.41 bits per heavy atom. The molecule has 4 atom stereocenters. The van der Waals surface area contributed by atoms with Gasteiger partial charge in [-0.25, -0.2) is 0 Å². The van der Waals surface area contributed by atoms with Crippen molar-refractivity contribution in [1.29, 1.82) is 0 Å². The van der Waals surface area contributed by atoms with E-state index in [9.17, 15) is 9.90 Å². The van der Waals surface area contributed by atoms with Crippen LogP contribution in [0.2, 0.25) is 0 Å². The summed E-state index contributed by atoms with van der Waals surface area (Å²) in [4.78, 5) is 11.0.